The van der Waals surface area contributed by atoms with Crippen LogP contribution in [0.2, 0.25) is 0 Å². The molecule has 3 aromatic rings. The summed E-state index contributed by atoms with van der Waals surface area (Å²) in [4.78, 5) is 39.0. The average molecular weight is 533 g/mol. The van der Waals surface area contributed by atoms with Crippen molar-refractivity contribution in [3.8, 4) is 11.5 Å². The molecule has 0 atom stereocenters. The van der Waals surface area contributed by atoms with Gasteiger partial charge in [-0.15, -0.1) is 0 Å². The first kappa shape index (κ1) is 25.3. The van der Waals surface area contributed by atoms with Crippen molar-refractivity contribution in [1.82, 2.24) is 9.97 Å². The molecule has 0 saturated carbocycles. The Kier molecular flexibility index (Phi) is 8.12. The number of benzene rings is 1. The number of rotatable bonds is 4. The SMILES string of the molecule is Nc1cc(Oc2ccc(NC(=O)c3cc(Br)c[nH]c3=O)cc2F)ccn1.O=C(O)C(F)(F)F. The van der Waals surface area contributed by atoms with Crippen LogP contribution in [0.25, 0.3) is 0 Å². The molecule has 33 heavy (non-hydrogen) atoms. The van der Waals surface area contributed by atoms with E-state index in [2.05, 4.69) is 31.2 Å². The number of nitrogen functional groups attached to an aromatic ring is 1. The van der Waals surface area contributed by atoms with Crippen LogP contribution < -0.4 is 21.3 Å². The number of carboxylic acids is 1. The summed E-state index contributed by atoms with van der Waals surface area (Å²) in [6.45, 7) is 0. The number of H-pyrrole nitrogens is 1. The van der Waals surface area contributed by atoms with Crippen LogP contribution in [0.5, 0.6) is 11.5 Å². The summed E-state index contributed by atoms with van der Waals surface area (Å²) in [6.07, 6.45) is -2.23. The van der Waals surface area contributed by atoms with Gasteiger partial charge < -0.3 is 25.9 Å². The molecule has 1 aromatic carbocycles. The quantitative estimate of drug-likeness (QED) is 0.372. The maximum Gasteiger partial charge on any atom is 0.490 e. The molecule has 9 nitrogen and oxygen atoms in total. The number of halogens is 5. The number of carbonyl (C=O) groups is 2. The number of nitrogens with two attached hydrogens (primary N) is 1. The predicted molar refractivity (Wildman–Crippen MR) is 112 cm³/mol. The average Bonchev–Trinajstić information content (AvgIpc) is 2.71. The molecule has 0 aliphatic rings. The molecular weight excluding hydrogens is 520 g/mol. The van der Waals surface area contributed by atoms with Gasteiger partial charge in [0.2, 0.25) is 0 Å². The van der Waals surface area contributed by atoms with E-state index in [4.69, 9.17) is 20.4 Å². The van der Waals surface area contributed by atoms with Gasteiger partial charge in [0.1, 0.15) is 17.1 Å². The number of alkyl halides is 3. The van der Waals surface area contributed by atoms with Gasteiger partial charge in [0, 0.05) is 34.7 Å². The highest BCUT2D eigenvalue weighted by atomic mass is 79.9. The van der Waals surface area contributed by atoms with Gasteiger partial charge >= 0.3 is 12.1 Å². The van der Waals surface area contributed by atoms with Gasteiger partial charge in [0.25, 0.3) is 11.5 Å². The lowest BCUT2D eigenvalue weighted by Crippen LogP contribution is -2.22. The fourth-order valence-corrected chi connectivity index (χ4v) is 2.45. The number of nitrogens with zero attached hydrogens (tertiary/aromatic N) is 1. The summed E-state index contributed by atoms with van der Waals surface area (Å²) >= 11 is 3.17. The molecule has 0 radical (unpaired) electrons. The zero-order valence-corrected chi connectivity index (χ0v) is 17.7. The first-order valence-electron chi connectivity index (χ1n) is 8.55. The lowest BCUT2D eigenvalue weighted by molar-refractivity contribution is -0.192. The van der Waals surface area contributed by atoms with Crippen LogP contribution in [0.4, 0.5) is 29.1 Å². The second-order valence-corrected chi connectivity index (χ2v) is 6.90. The summed E-state index contributed by atoms with van der Waals surface area (Å²) in [6, 6.07) is 8.25. The van der Waals surface area contributed by atoms with Crippen molar-refractivity contribution in [2.75, 3.05) is 11.1 Å². The number of ether oxygens (including phenoxy) is 1. The van der Waals surface area contributed by atoms with Crippen LogP contribution in [0.1, 0.15) is 10.4 Å². The Labute approximate surface area is 190 Å². The number of nitrogens with one attached hydrogen (secondary N) is 2. The third-order valence-corrected chi connectivity index (χ3v) is 3.98. The smallest absolute Gasteiger partial charge is 0.475 e. The monoisotopic (exact) mass is 532 g/mol. The molecule has 5 N–H and O–H groups in total. The lowest BCUT2D eigenvalue weighted by atomic mass is 10.2. The fraction of sp³-hybridized carbons (Fsp3) is 0.0526. The van der Waals surface area contributed by atoms with E-state index in [9.17, 15) is 27.2 Å². The van der Waals surface area contributed by atoms with E-state index >= 15 is 0 Å². The standard InChI is InChI=1S/C17H12BrFN4O3.C2HF3O2/c18-9-5-12(16(24)22-8-9)17(25)23-10-1-2-14(13(19)6-10)26-11-3-4-21-15(20)7-11;3-2(4,5)1(6)7/h1-8H,(H2,20,21)(H,22,24)(H,23,25);(H,6,7). The van der Waals surface area contributed by atoms with Crippen molar-refractivity contribution in [1.29, 1.82) is 0 Å². The Morgan fingerprint density at radius 1 is 1.18 bits per heavy atom. The van der Waals surface area contributed by atoms with E-state index < -0.39 is 29.4 Å². The number of hydrogen-bond acceptors (Lipinski definition) is 6. The topological polar surface area (TPSA) is 147 Å². The van der Waals surface area contributed by atoms with Gasteiger partial charge in [-0.1, -0.05) is 0 Å². The van der Waals surface area contributed by atoms with Crippen LogP contribution in [0.3, 0.4) is 0 Å². The van der Waals surface area contributed by atoms with E-state index in [1.807, 2.05) is 0 Å². The number of anilines is 2. The van der Waals surface area contributed by atoms with Crippen molar-refractivity contribution in [2.24, 2.45) is 0 Å². The molecule has 0 saturated heterocycles. The minimum Gasteiger partial charge on any atom is -0.475 e. The van der Waals surface area contributed by atoms with Gasteiger partial charge in [-0.3, -0.25) is 9.59 Å². The summed E-state index contributed by atoms with van der Waals surface area (Å²) in [5, 5.41) is 9.59. The summed E-state index contributed by atoms with van der Waals surface area (Å²) in [5.74, 6) is -3.59. The summed E-state index contributed by atoms with van der Waals surface area (Å²) < 4.78 is 51.9. The van der Waals surface area contributed by atoms with Crippen molar-refractivity contribution in [3.05, 3.63) is 75.0 Å². The molecule has 174 valence electrons. The number of aliphatic carboxylic acids is 1. The van der Waals surface area contributed by atoms with Gasteiger partial charge in [-0.25, -0.2) is 14.2 Å². The van der Waals surface area contributed by atoms with Crippen LogP contribution in [0.15, 0.2) is 58.1 Å². The molecule has 0 bridgehead atoms. The number of aromatic nitrogens is 2. The largest absolute Gasteiger partial charge is 0.490 e. The number of pyridine rings is 2. The molecule has 0 unspecified atom stereocenters. The molecule has 14 heteroatoms. The van der Waals surface area contributed by atoms with Crippen LogP contribution in [-0.4, -0.2) is 33.1 Å². The second-order valence-electron chi connectivity index (χ2n) is 5.98. The predicted octanol–water partition coefficient (Wildman–Crippen LogP) is 3.93. The van der Waals surface area contributed by atoms with Gasteiger partial charge in [-0.05, 0) is 40.2 Å². The maximum atomic E-state index is 14.2. The Hall–Kier alpha value is -3.94. The first-order chi connectivity index (χ1) is 15.4. The number of carboxylic acid groups (broad SMARTS) is 1. The van der Waals surface area contributed by atoms with Crippen LogP contribution in [-0.2, 0) is 4.79 Å². The van der Waals surface area contributed by atoms with E-state index in [1.165, 1.54) is 42.7 Å². The van der Waals surface area contributed by atoms with Gasteiger partial charge in [0.05, 0.1) is 0 Å². The normalized spacial score (nSPS) is 10.6. The molecule has 0 fully saturated rings. The first-order valence-corrected chi connectivity index (χ1v) is 9.34. The Balaban J connectivity index is 0.000000479. The van der Waals surface area contributed by atoms with Crippen LogP contribution in [0, 0.1) is 5.82 Å². The number of hydrogen-bond donors (Lipinski definition) is 4. The fourth-order valence-electron chi connectivity index (χ4n) is 2.10. The second kappa shape index (κ2) is 10.6. The maximum absolute atomic E-state index is 14.2. The zero-order chi connectivity index (χ0) is 24.8. The molecule has 2 aromatic heterocycles. The van der Waals surface area contributed by atoms with E-state index in [1.54, 1.807) is 0 Å². The lowest BCUT2D eigenvalue weighted by Gasteiger charge is -2.09. The number of aromatic amines is 1. The third-order valence-electron chi connectivity index (χ3n) is 3.53. The molecule has 0 aliphatic carbocycles. The highest BCUT2D eigenvalue weighted by molar-refractivity contribution is 9.10. The number of amides is 1. The summed E-state index contributed by atoms with van der Waals surface area (Å²) in [7, 11) is 0. The Morgan fingerprint density at radius 3 is 2.42 bits per heavy atom. The Morgan fingerprint density at radius 2 is 1.85 bits per heavy atom. The van der Waals surface area contributed by atoms with Crippen molar-refractivity contribution < 1.29 is 37.0 Å². The van der Waals surface area contributed by atoms with Crippen molar-refractivity contribution >= 4 is 39.3 Å². The highest BCUT2D eigenvalue weighted by Gasteiger charge is 2.38. The van der Waals surface area contributed by atoms with Crippen LogP contribution >= 0.6 is 15.9 Å². The molecular formula is C19H13BrF4N4O5. The van der Waals surface area contributed by atoms with Crippen molar-refractivity contribution in [3.63, 3.8) is 0 Å². The zero-order valence-electron chi connectivity index (χ0n) is 16.1. The van der Waals surface area contributed by atoms with E-state index in [0.717, 1.165) is 6.07 Å². The minimum absolute atomic E-state index is 0.0473. The highest BCUT2D eigenvalue weighted by Crippen LogP contribution is 2.27. The molecule has 2 heterocycles. The molecule has 3 rings (SSSR count). The van der Waals surface area contributed by atoms with Gasteiger partial charge in [0.15, 0.2) is 11.6 Å². The van der Waals surface area contributed by atoms with Gasteiger partial charge in [-0.2, -0.15) is 13.2 Å². The Bertz CT molecular complexity index is 1230. The molecule has 1 amide bonds. The third kappa shape index (κ3) is 7.60. The van der Waals surface area contributed by atoms with E-state index in [0.29, 0.717) is 10.2 Å². The molecule has 0 aliphatic heterocycles. The molecule has 0 spiro atoms. The minimum atomic E-state index is -5.08. The van der Waals surface area contributed by atoms with E-state index in [-0.39, 0.29) is 22.8 Å². The summed E-state index contributed by atoms with van der Waals surface area (Å²) in [5.41, 5.74) is 5.06. The van der Waals surface area contributed by atoms with Crippen molar-refractivity contribution in [2.45, 2.75) is 6.18 Å². The number of carbonyl (C=O) groups excluding carboxylic acids is 1.